The van der Waals surface area contributed by atoms with Crippen LogP contribution in [0.25, 0.3) is 10.8 Å². The lowest BCUT2D eigenvalue weighted by atomic mass is 10.1. The fourth-order valence-corrected chi connectivity index (χ4v) is 2.85. The maximum Gasteiger partial charge on any atom is 0.260 e. The van der Waals surface area contributed by atoms with Crippen molar-refractivity contribution in [3.8, 4) is 17.2 Å². The van der Waals surface area contributed by atoms with Crippen LogP contribution in [-0.2, 0) is 11.3 Å². The number of benzene rings is 3. The van der Waals surface area contributed by atoms with Crippen LogP contribution in [0.5, 0.6) is 17.2 Å². The monoisotopic (exact) mass is 365 g/mol. The van der Waals surface area contributed by atoms with E-state index >= 15 is 0 Å². The van der Waals surface area contributed by atoms with Crippen molar-refractivity contribution < 1.29 is 19.0 Å². The van der Waals surface area contributed by atoms with Gasteiger partial charge in [-0.2, -0.15) is 0 Å². The molecule has 0 N–H and O–H groups in total. The summed E-state index contributed by atoms with van der Waals surface area (Å²) in [4.78, 5) is 14.1. The molecule has 0 unspecified atom stereocenters. The van der Waals surface area contributed by atoms with Crippen molar-refractivity contribution in [1.82, 2.24) is 4.90 Å². The molecule has 0 aliphatic heterocycles. The first kappa shape index (κ1) is 18.6. The first-order valence-electron chi connectivity index (χ1n) is 8.67. The van der Waals surface area contributed by atoms with Crippen LogP contribution in [0.3, 0.4) is 0 Å². The number of carbonyl (C=O) groups excluding carboxylic acids is 1. The van der Waals surface area contributed by atoms with E-state index in [0.717, 1.165) is 22.1 Å². The Morgan fingerprint density at radius 1 is 0.889 bits per heavy atom. The number of methoxy groups -OCH3 is 2. The van der Waals surface area contributed by atoms with Crippen LogP contribution in [-0.4, -0.2) is 38.7 Å². The highest BCUT2D eigenvalue weighted by Crippen LogP contribution is 2.26. The predicted octanol–water partition coefficient (Wildman–Crippen LogP) is 3.89. The molecule has 0 saturated carbocycles. The highest BCUT2D eigenvalue weighted by Gasteiger charge is 2.12. The standard InChI is InChI=1S/C22H23NO4/c1-23(22(24)15-27-21-7-5-4-6-20(21)26-3)14-16-8-9-18-13-19(25-2)11-10-17(18)12-16/h4-13H,14-15H2,1-3H3. The van der Waals surface area contributed by atoms with E-state index in [1.807, 2.05) is 42.5 Å². The Morgan fingerprint density at radius 3 is 2.33 bits per heavy atom. The molecule has 5 nitrogen and oxygen atoms in total. The van der Waals surface area contributed by atoms with Gasteiger partial charge in [0.15, 0.2) is 18.1 Å². The predicted molar refractivity (Wildman–Crippen MR) is 105 cm³/mol. The second-order valence-corrected chi connectivity index (χ2v) is 6.24. The van der Waals surface area contributed by atoms with Crippen LogP contribution in [0.2, 0.25) is 0 Å². The first-order valence-corrected chi connectivity index (χ1v) is 8.67. The average Bonchev–Trinajstić information content (AvgIpc) is 2.71. The number of likely N-dealkylation sites (N-methyl/N-ethyl adjacent to an activating group) is 1. The molecule has 0 fully saturated rings. The molecule has 140 valence electrons. The molecule has 27 heavy (non-hydrogen) atoms. The average molecular weight is 365 g/mol. The zero-order chi connectivity index (χ0) is 19.2. The molecule has 3 rings (SSSR count). The van der Waals surface area contributed by atoms with Crippen molar-refractivity contribution >= 4 is 16.7 Å². The van der Waals surface area contributed by atoms with E-state index in [1.165, 1.54) is 0 Å². The van der Waals surface area contributed by atoms with E-state index < -0.39 is 0 Å². The molecule has 5 heteroatoms. The van der Waals surface area contributed by atoms with E-state index in [2.05, 4.69) is 6.07 Å². The molecule has 3 aromatic rings. The van der Waals surface area contributed by atoms with Crippen LogP contribution in [0.1, 0.15) is 5.56 Å². The van der Waals surface area contributed by atoms with Gasteiger partial charge in [-0.25, -0.2) is 0 Å². The number of nitrogens with zero attached hydrogens (tertiary/aromatic N) is 1. The second-order valence-electron chi connectivity index (χ2n) is 6.24. The van der Waals surface area contributed by atoms with Gasteiger partial charge in [0.25, 0.3) is 5.91 Å². The highest BCUT2D eigenvalue weighted by molar-refractivity contribution is 5.84. The number of amides is 1. The minimum atomic E-state index is -0.101. The fraction of sp³-hybridized carbons (Fsp3) is 0.227. The summed E-state index contributed by atoms with van der Waals surface area (Å²) in [5.41, 5.74) is 1.06. The molecule has 0 saturated heterocycles. The number of hydrogen-bond donors (Lipinski definition) is 0. The number of fused-ring (bicyclic) bond motifs is 1. The maximum absolute atomic E-state index is 12.4. The summed E-state index contributed by atoms with van der Waals surface area (Å²) in [7, 11) is 5.00. The van der Waals surface area contributed by atoms with Gasteiger partial charge in [-0.15, -0.1) is 0 Å². The fourth-order valence-electron chi connectivity index (χ4n) is 2.85. The lowest BCUT2D eigenvalue weighted by molar-refractivity contribution is -0.132. The summed E-state index contributed by atoms with van der Waals surface area (Å²) in [6.07, 6.45) is 0. The zero-order valence-corrected chi connectivity index (χ0v) is 15.8. The molecule has 0 aliphatic carbocycles. The van der Waals surface area contributed by atoms with Crippen molar-refractivity contribution in [2.45, 2.75) is 6.54 Å². The van der Waals surface area contributed by atoms with Gasteiger partial charge < -0.3 is 19.1 Å². The third-order valence-corrected chi connectivity index (χ3v) is 4.38. The molecule has 1 amide bonds. The lowest BCUT2D eigenvalue weighted by Gasteiger charge is -2.18. The van der Waals surface area contributed by atoms with Crippen LogP contribution in [0, 0.1) is 0 Å². The Balaban J connectivity index is 1.63. The number of carbonyl (C=O) groups is 1. The molecule has 0 spiro atoms. The Labute approximate surface area is 159 Å². The summed E-state index contributed by atoms with van der Waals surface area (Å²) < 4.78 is 16.1. The van der Waals surface area contributed by atoms with Gasteiger partial charge in [-0.05, 0) is 46.7 Å². The quantitative estimate of drug-likeness (QED) is 0.637. The Hall–Kier alpha value is -3.21. The highest BCUT2D eigenvalue weighted by atomic mass is 16.5. The molecular formula is C22H23NO4. The number of ether oxygens (including phenoxy) is 3. The minimum absolute atomic E-state index is 0.0400. The van der Waals surface area contributed by atoms with E-state index in [1.54, 1.807) is 38.3 Å². The van der Waals surface area contributed by atoms with E-state index in [-0.39, 0.29) is 12.5 Å². The molecule has 3 aromatic carbocycles. The Bertz CT molecular complexity index is 938. The van der Waals surface area contributed by atoms with Crippen molar-refractivity contribution in [3.05, 3.63) is 66.2 Å². The molecule has 0 bridgehead atoms. The molecule has 0 radical (unpaired) electrons. The van der Waals surface area contributed by atoms with E-state index in [4.69, 9.17) is 14.2 Å². The maximum atomic E-state index is 12.4. The van der Waals surface area contributed by atoms with Gasteiger partial charge in [0.2, 0.25) is 0 Å². The van der Waals surface area contributed by atoms with Gasteiger partial charge in [0.1, 0.15) is 5.75 Å². The van der Waals surface area contributed by atoms with Gasteiger partial charge in [-0.3, -0.25) is 4.79 Å². The summed E-state index contributed by atoms with van der Waals surface area (Å²) in [6.45, 7) is 0.470. The third-order valence-electron chi connectivity index (χ3n) is 4.38. The molecule has 0 heterocycles. The van der Waals surface area contributed by atoms with E-state index in [9.17, 15) is 4.79 Å². The van der Waals surface area contributed by atoms with Crippen LogP contribution < -0.4 is 14.2 Å². The zero-order valence-electron chi connectivity index (χ0n) is 15.8. The smallest absolute Gasteiger partial charge is 0.260 e. The minimum Gasteiger partial charge on any atom is -0.497 e. The summed E-state index contributed by atoms with van der Waals surface area (Å²) >= 11 is 0. The molecule has 0 aromatic heterocycles. The van der Waals surface area contributed by atoms with Gasteiger partial charge in [-0.1, -0.05) is 30.3 Å². The van der Waals surface area contributed by atoms with E-state index in [0.29, 0.717) is 18.0 Å². The summed E-state index contributed by atoms with van der Waals surface area (Å²) in [5.74, 6) is 1.89. The second kappa shape index (κ2) is 8.45. The van der Waals surface area contributed by atoms with Gasteiger partial charge in [0.05, 0.1) is 14.2 Å². The topological polar surface area (TPSA) is 48.0 Å². The number of para-hydroxylation sites is 2. The SMILES string of the molecule is COc1ccc2cc(CN(C)C(=O)COc3ccccc3OC)ccc2c1. The molecular weight excluding hydrogens is 342 g/mol. The van der Waals surface area contributed by atoms with Gasteiger partial charge >= 0.3 is 0 Å². The van der Waals surface area contributed by atoms with Crippen LogP contribution in [0.4, 0.5) is 0 Å². The molecule has 0 atom stereocenters. The van der Waals surface area contributed by atoms with Crippen molar-refractivity contribution in [3.63, 3.8) is 0 Å². The molecule has 0 aliphatic rings. The third kappa shape index (κ3) is 4.50. The number of hydrogen-bond acceptors (Lipinski definition) is 4. The van der Waals surface area contributed by atoms with Crippen LogP contribution >= 0.6 is 0 Å². The van der Waals surface area contributed by atoms with Gasteiger partial charge in [0, 0.05) is 13.6 Å². The first-order chi connectivity index (χ1) is 13.1. The Kier molecular flexibility index (Phi) is 5.81. The normalized spacial score (nSPS) is 10.5. The summed E-state index contributed by atoms with van der Waals surface area (Å²) in [5, 5.41) is 2.21. The Morgan fingerprint density at radius 2 is 1.59 bits per heavy atom. The number of rotatable bonds is 7. The summed E-state index contributed by atoms with van der Waals surface area (Å²) in [6, 6.07) is 19.4. The van der Waals surface area contributed by atoms with Crippen LogP contribution in [0.15, 0.2) is 60.7 Å². The van der Waals surface area contributed by atoms with Crippen molar-refractivity contribution in [2.75, 3.05) is 27.9 Å². The van der Waals surface area contributed by atoms with Crippen molar-refractivity contribution in [2.24, 2.45) is 0 Å². The largest absolute Gasteiger partial charge is 0.497 e. The lowest BCUT2D eigenvalue weighted by Crippen LogP contribution is -2.31. The van der Waals surface area contributed by atoms with Crippen molar-refractivity contribution in [1.29, 1.82) is 0 Å².